The van der Waals surface area contributed by atoms with E-state index in [0.717, 1.165) is 22.7 Å². The molecule has 1 N–H and O–H groups in total. The van der Waals surface area contributed by atoms with E-state index in [2.05, 4.69) is 5.32 Å². The molecule has 46 heavy (non-hydrogen) atoms. The molecule has 8 nitrogen and oxygen atoms in total. The lowest BCUT2D eigenvalue weighted by atomic mass is 10.0. The van der Waals surface area contributed by atoms with Gasteiger partial charge in [-0.25, -0.2) is 8.42 Å². The van der Waals surface area contributed by atoms with Crippen LogP contribution in [0.2, 0.25) is 10.0 Å². The molecule has 11 heteroatoms. The second-order valence-electron chi connectivity index (χ2n) is 10.6. The lowest BCUT2D eigenvalue weighted by molar-refractivity contribution is -0.140. The molecule has 242 valence electrons. The fourth-order valence-electron chi connectivity index (χ4n) is 4.89. The number of carbonyl (C=O) groups excluding carboxylic acids is 2. The van der Waals surface area contributed by atoms with Crippen molar-refractivity contribution in [3.8, 4) is 5.75 Å². The van der Waals surface area contributed by atoms with Crippen LogP contribution in [-0.4, -0.2) is 51.4 Å². The lowest BCUT2D eigenvalue weighted by Gasteiger charge is -2.34. The summed E-state index contributed by atoms with van der Waals surface area (Å²) in [7, 11) is -2.74. The number of benzene rings is 4. The summed E-state index contributed by atoms with van der Waals surface area (Å²) in [5.74, 6) is -0.441. The number of hydrogen-bond acceptors (Lipinski definition) is 5. The number of anilines is 1. The third kappa shape index (κ3) is 9.02. The maximum atomic E-state index is 14.5. The van der Waals surface area contributed by atoms with Gasteiger partial charge < -0.3 is 15.0 Å². The van der Waals surface area contributed by atoms with E-state index in [4.69, 9.17) is 27.9 Å². The number of sulfonamides is 1. The molecule has 0 bridgehead atoms. The minimum atomic E-state index is -4.23. The van der Waals surface area contributed by atoms with Crippen LogP contribution < -0.4 is 14.4 Å². The van der Waals surface area contributed by atoms with Gasteiger partial charge in [0, 0.05) is 29.6 Å². The van der Waals surface area contributed by atoms with Crippen molar-refractivity contribution in [1.82, 2.24) is 10.2 Å². The van der Waals surface area contributed by atoms with Crippen molar-refractivity contribution < 1.29 is 22.7 Å². The Bertz CT molecular complexity index is 1710. The predicted octanol–water partition coefficient (Wildman–Crippen LogP) is 6.75. The average molecular weight is 683 g/mol. The molecule has 0 aliphatic carbocycles. The minimum Gasteiger partial charge on any atom is -0.497 e. The van der Waals surface area contributed by atoms with Gasteiger partial charge in [-0.05, 0) is 66.1 Å². The number of unbranched alkanes of at least 4 members (excludes halogenated alkanes) is 1. The molecule has 0 unspecified atom stereocenters. The molecule has 1 atom stereocenters. The Morgan fingerprint density at radius 2 is 1.54 bits per heavy atom. The predicted molar refractivity (Wildman–Crippen MR) is 183 cm³/mol. The summed E-state index contributed by atoms with van der Waals surface area (Å²) in [6, 6.07) is 27.7. The minimum absolute atomic E-state index is 0.0182. The van der Waals surface area contributed by atoms with Crippen molar-refractivity contribution in [2.75, 3.05) is 24.5 Å². The molecule has 0 fully saturated rings. The number of halogens is 2. The lowest BCUT2D eigenvalue weighted by Crippen LogP contribution is -2.53. The van der Waals surface area contributed by atoms with E-state index in [9.17, 15) is 18.0 Å². The Morgan fingerprint density at radius 3 is 2.15 bits per heavy atom. The van der Waals surface area contributed by atoms with Gasteiger partial charge in [0.05, 0.1) is 17.7 Å². The molecular formula is C35H37Cl2N3O5S. The van der Waals surface area contributed by atoms with Crippen LogP contribution in [0.1, 0.15) is 30.9 Å². The van der Waals surface area contributed by atoms with Crippen molar-refractivity contribution in [2.24, 2.45) is 0 Å². The molecule has 0 aliphatic heterocycles. The summed E-state index contributed by atoms with van der Waals surface area (Å²) in [5, 5.41) is 3.71. The van der Waals surface area contributed by atoms with Crippen LogP contribution in [0.25, 0.3) is 0 Å². The molecule has 0 radical (unpaired) electrons. The Kier molecular flexibility index (Phi) is 12.5. The molecule has 0 spiro atoms. The maximum absolute atomic E-state index is 14.5. The van der Waals surface area contributed by atoms with E-state index in [-0.39, 0.29) is 23.8 Å². The number of nitrogens with zero attached hydrogens (tertiary/aromatic N) is 2. The largest absolute Gasteiger partial charge is 0.497 e. The van der Waals surface area contributed by atoms with Crippen LogP contribution in [0.15, 0.2) is 108 Å². The highest BCUT2D eigenvalue weighted by Gasteiger charge is 2.35. The second kappa shape index (κ2) is 16.5. The van der Waals surface area contributed by atoms with Gasteiger partial charge in [0.15, 0.2) is 0 Å². The topological polar surface area (TPSA) is 96.0 Å². The van der Waals surface area contributed by atoms with Gasteiger partial charge in [-0.3, -0.25) is 13.9 Å². The zero-order chi connectivity index (χ0) is 33.1. The summed E-state index contributed by atoms with van der Waals surface area (Å²) in [6.45, 7) is 1.83. The molecule has 0 saturated heterocycles. The Hall–Kier alpha value is -4.05. The molecular weight excluding hydrogens is 645 g/mol. The average Bonchev–Trinajstić information content (AvgIpc) is 3.06. The molecule has 4 rings (SSSR count). The normalized spacial score (nSPS) is 11.8. The van der Waals surface area contributed by atoms with E-state index in [1.54, 1.807) is 60.7 Å². The van der Waals surface area contributed by atoms with Crippen LogP contribution in [-0.2, 0) is 32.6 Å². The quantitative estimate of drug-likeness (QED) is 0.140. The number of rotatable bonds is 15. The van der Waals surface area contributed by atoms with Crippen LogP contribution in [0, 0.1) is 0 Å². The van der Waals surface area contributed by atoms with Gasteiger partial charge in [-0.1, -0.05) is 91.1 Å². The van der Waals surface area contributed by atoms with Crippen molar-refractivity contribution in [3.63, 3.8) is 0 Å². The molecule has 0 aliphatic rings. The summed E-state index contributed by atoms with van der Waals surface area (Å²) in [6.07, 6.45) is 1.84. The highest BCUT2D eigenvalue weighted by Crippen LogP contribution is 2.28. The standard InChI is InChI=1S/C35H37Cl2N3O5S/c1-3-4-21-38-35(42)33(22-26-11-7-5-8-12-26)39(24-27-15-16-28(36)23-32(27)37)34(41)25-40(29-13-9-6-10-14-29)46(43,44)31-19-17-30(45-2)18-20-31/h5-20,23,33H,3-4,21-22,24-25H2,1-2H3,(H,38,42)/t33-/m1/s1. The molecule has 0 aromatic heterocycles. The molecule has 0 heterocycles. The molecule has 4 aromatic rings. The number of amides is 2. The summed E-state index contributed by atoms with van der Waals surface area (Å²) < 4.78 is 34.5. The molecule has 0 saturated carbocycles. The highest BCUT2D eigenvalue weighted by atomic mass is 35.5. The summed E-state index contributed by atoms with van der Waals surface area (Å²) in [5.41, 5.74) is 1.69. The number of methoxy groups -OCH3 is 1. The van der Waals surface area contributed by atoms with E-state index in [0.29, 0.717) is 33.6 Å². The van der Waals surface area contributed by atoms with E-state index >= 15 is 0 Å². The van der Waals surface area contributed by atoms with Crippen molar-refractivity contribution >= 4 is 50.7 Å². The van der Waals surface area contributed by atoms with Crippen LogP contribution in [0.5, 0.6) is 5.75 Å². The van der Waals surface area contributed by atoms with Gasteiger partial charge in [0.25, 0.3) is 10.0 Å². The van der Waals surface area contributed by atoms with Gasteiger partial charge in [-0.15, -0.1) is 0 Å². The Balaban J connectivity index is 1.79. The second-order valence-corrected chi connectivity index (χ2v) is 13.3. The van der Waals surface area contributed by atoms with E-state index in [1.165, 1.54) is 24.1 Å². The summed E-state index contributed by atoms with van der Waals surface area (Å²) >= 11 is 12.7. The highest BCUT2D eigenvalue weighted by molar-refractivity contribution is 7.92. The summed E-state index contributed by atoms with van der Waals surface area (Å²) in [4.78, 5) is 29.7. The monoisotopic (exact) mass is 681 g/mol. The van der Waals surface area contributed by atoms with E-state index in [1.807, 2.05) is 37.3 Å². The fraction of sp³-hybridized carbons (Fsp3) is 0.257. The number of ether oxygens (including phenoxy) is 1. The Labute approximate surface area is 280 Å². The van der Waals surface area contributed by atoms with Gasteiger partial charge >= 0.3 is 0 Å². The van der Waals surface area contributed by atoms with Crippen molar-refractivity contribution in [2.45, 2.75) is 43.7 Å². The van der Waals surface area contributed by atoms with Crippen LogP contribution in [0.4, 0.5) is 5.69 Å². The van der Waals surface area contributed by atoms with Crippen LogP contribution >= 0.6 is 23.2 Å². The number of hydrogen-bond donors (Lipinski definition) is 1. The molecule has 4 aromatic carbocycles. The molecule has 2 amide bonds. The first-order valence-electron chi connectivity index (χ1n) is 14.9. The third-order valence-electron chi connectivity index (χ3n) is 7.43. The maximum Gasteiger partial charge on any atom is 0.264 e. The first kappa shape index (κ1) is 34.8. The SMILES string of the molecule is CCCCNC(=O)[C@@H](Cc1ccccc1)N(Cc1ccc(Cl)cc1Cl)C(=O)CN(c1ccccc1)S(=O)(=O)c1ccc(OC)cc1. The zero-order valence-corrected chi connectivity index (χ0v) is 28.1. The third-order valence-corrected chi connectivity index (χ3v) is 9.80. The van der Waals surface area contributed by atoms with Gasteiger partial charge in [0.1, 0.15) is 18.3 Å². The first-order valence-corrected chi connectivity index (χ1v) is 17.1. The number of para-hydroxylation sites is 1. The van der Waals surface area contributed by atoms with E-state index < -0.39 is 28.5 Å². The number of carbonyl (C=O) groups is 2. The Morgan fingerprint density at radius 1 is 0.891 bits per heavy atom. The zero-order valence-electron chi connectivity index (χ0n) is 25.7. The number of nitrogens with one attached hydrogen (secondary N) is 1. The van der Waals surface area contributed by atoms with Gasteiger partial charge in [0.2, 0.25) is 11.8 Å². The van der Waals surface area contributed by atoms with Gasteiger partial charge in [-0.2, -0.15) is 0 Å². The fourth-order valence-corrected chi connectivity index (χ4v) is 6.77. The smallest absolute Gasteiger partial charge is 0.264 e. The van der Waals surface area contributed by atoms with Crippen molar-refractivity contribution in [1.29, 1.82) is 0 Å². The van der Waals surface area contributed by atoms with Crippen molar-refractivity contribution in [3.05, 3.63) is 124 Å². The first-order chi connectivity index (χ1) is 22.1. The van der Waals surface area contributed by atoms with Crippen LogP contribution in [0.3, 0.4) is 0 Å².